The highest BCUT2D eigenvalue weighted by molar-refractivity contribution is 6.34. The minimum atomic E-state index is -0.462. The van der Waals surface area contributed by atoms with E-state index in [-0.39, 0.29) is 17.2 Å². The predicted octanol–water partition coefficient (Wildman–Crippen LogP) is 5.48. The number of hydrogen-bond acceptors (Lipinski definition) is 3. The number of carbonyl (C=O) groups excluding carboxylic acids is 1. The number of aliphatic hydroxyl groups is 1. The molecule has 2 aromatic carbocycles. The quantitative estimate of drug-likeness (QED) is 0.625. The molecule has 2 atom stereocenters. The summed E-state index contributed by atoms with van der Waals surface area (Å²) in [5.74, 6) is 0.143. The van der Waals surface area contributed by atoms with Gasteiger partial charge >= 0.3 is 0 Å². The number of carbonyl (C=O) groups is 1. The van der Waals surface area contributed by atoms with Crippen molar-refractivity contribution in [1.29, 1.82) is 0 Å². The van der Waals surface area contributed by atoms with Crippen molar-refractivity contribution < 1.29 is 9.90 Å². The molecule has 166 valence electrons. The first-order valence-electron chi connectivity index (χ1n) is 11.4. The van der Waals surface area contributed by atoms with Gasteiger partial charge < -0.3 is 10.4 Å². The second kappa shape index (κ2) is 9.32. The number of nitrogens with zero attached hydrogens (tertiary/aromatic N) is 1. The van der Waals surface area contributed by atoms with Crippen LogP contribution in [0.3, 0.4) is 0 Å². The van der Waals surface area contributed by atoms with Crippen LogP contribution < -0.4 is 5.32 Å². The molecule has 1 amide bonds. The smallest absolute Gasteiger partial charge is 0.225 e. The average Bonchev–Trinajstić information content (AvgIpc) is 2.74. The van der Waals surface area contributed by atoms with Crippen LogP contribution >= 0.6 is 11.6 Å². The van der Waals surface area contributed by atoms with E-state index in [9.17, 15) is 9.90 Å². The molecule has 0 saturated carbocycles. The molecule has 1 fully saturated rings. The molecule has 2 aliphatic rings. The molecule has 1 saturated heterocycles. The molecule has 4 rings (SSSR count). The number of benzene rings is 2. The molecule has 2 N–H and O–H groups in total. The van der Waals surface area contributed by atoms with E-state index in [2.05, 4.69) is 54.4 Å². The lowest BCUT2D eigenvalue weighted by atomic mass is 9.76. The van der Waals surface area contributed by atoms with Crippen LogP contribution in [0.15, 0.2) is 42.5 Å². The molecule has 0 spiro atoms. The zero-order chi connectivity index (χ0) is 22.0. The maximum absolute atomic E-state index is 12.2. The first kappa shape index (κ1) is 22.3. The molecular weight excluding hydrogens is 408 g/mol. The number of hydrogen-bond donors (Lipinski definition) is 2. The maximum Gasteiger partial charge on any atom is 0.225 e. The van der Waals surface area contributed by atoms with E-state index in [4.69, 9.17) is 11.6 Å². The number of rotatable bonds is 6. The fourth-order valence-corrected chi connectivity index (χ4v) is 5.34. The third-order valence-electron chi connectivity index (χ3n) is 6.81. The van der Waals surface area contributed by atoms with Crippen LogP contribution in [0.25, 0.3) is 0 Å². The van der Waals surface area contributed by atoms with Crippen molar-refractivity contribution in [3.8, 4) is 0 Å². The van der Waals surface area contributed by atoms with Gasteiger partial charge in [0, 0.05) is 24.9 Å². The summed E-state index contributed by atoms with van der Waals surface area (Å²) in [5.41, 5.74) is 3.93. The fraction of sp³-hybridized carbons (Fsp3) is 0.500. The number of halogens is 1. The van der Waals surface area contributed by atoms with Gasteiger partial charge in [0.05, 0.1) is 10.7 Å². The first-order valence-corrected chi connectivity index (χ1v) is 11.8. The predicted molar refractivity (Wildman–Crippen MR) is 127 cm³/mol. The Labute approximate surface area is 190 Å². The summed E-state index contributed by atoms with van der Waals surface area (Å²) in [5, 5.41) is 14.6. The topological polar surface area (TPSA) is 52.6 Å². The Hall–Kier alpha value is -1.88. The normalized spacial score (nSPS) is 20.6. The Bertz CT molecular complexity index is 923. The molecule has 0 aromatic heterocycles. The Morgan fingerprint density at radius 3 is 2.55 bits per heavy atom. The van der Waals surface area contributed by atoms with E-state index in [1.165, 1.54) is 12.0 Å². The lowest BCUT2D eigenvalue weighted by Gasteiger charge is -2.35. The summed E-state index contributed by atoms with van der Waals surface area (Å²) < 4.78 is 0. The van der Waals surface area contributed by atoms with Crippen molar-refractivity contribution in [2.45, 2.75) is 69.9 Å². The summed E-state index contributed by atoms with van der Waals surface area (Å²) in [4.78, 5) is 14.4. The number of nitrogens with one attached hydrogen (secondary N) is 1. The number of aliphatic hydroxyl groups excluding tert-OH is 1. The first-order chi connectivity index (χ1) is 14.8. The Kier molecular flexibility index (Phi) is 6.71. The molecular formula is C26H33ClN2O2. The summed E-state index contributed by atoms with van der Waals surface area (Å²) in [6.07, 6.45) is 5.04. The summed E-state index contributed by atoms with van der Waals surface area (Å²) >= 11 is 6.68. The molecule has 2 aliphatic heterocycles. The van der Waals surface area contributed by atoms with Gasteiger partial charge in [0.1, 0.15) is 6.23 Å². The lowest BCUT2D eigenvalue weighted by Crippen LogP contribution is -2.40. The van der Waals surface area contributed by atoms with E-state index in [1.807, 2.05) is 12.1 Å². The van der Waals surface area contributed by atoms with Gasteiger partial charge in [0.2, 0.25) is 5.91 Å². The average molecular weight is 441 g/mol. The van der Waals surface area contributed by atoms with E-state index < -0.39 is 6.23 Å². The van der Waals surface area contributed by atoms with Crippen LogP contribution in [0, 0.1) is 0 Å². The molecule has 0 aliphatic carbocycles. The van der Waals surface area contributed by atoms with E-state index >= 15 is 0 Å². The van der Waals surface area contributed by atoms with Crippen molar-refractivity contribution in [2.75, 3.05) is 18.4 Å². The highest BCUT2D eigenvalue weighted by atomic mass is 35.5. The van der Waals surface area contributed by atoms with Gasteiger partial charge in [-0.05, 0) is 54.4 Å². The third-order valence-corrected chi connectivity index (χ3v) is 7.11. The van der Waals surface area contributed by atoms with Gasteiger partial charge in [-0.15, -0.1) is 0 Å². The van der Waals surface area contributed by atoms with Crippen molar-refractivity contribution >= 4 is 23.2 Å². The molecule has 5 heteroatoms. The Balaban J connectivity index is 1.67. The van der Waals surface area contributed by atoms with Gasteiger partial charge in [-0.1, -0.05) is 68.3 Å². The highest BCUT2D eigenvalue weighted by Crippen LogP contribution is 2.43. The van der Waals surface area contributed by atoms with Gasteiger partial charge in [0.15, 0.2) is 0 Å². The van der Waals surface area contributed by atoms with Crippen LogP contribution in [0.2, 0.25) is 5.02 Å². The maximum atomic E-state index is 12.2. The summed E-state index contributed by atoms with van der Waals surface area (Å²) in [7, 11) is 0. The van der Waals surface area contributed by atoms with E-state index in [0.29, 0.717) is 17.9 Å². The Morgan fingerprint density at radius 2 is 1.84 bits per heavy atom. The molecule has 2 aromatic rings. The van der Waals surface area contributed by atoms with Crippen LogP contribution in [-0.4, -0.2) is 35.2 Å². The van der Waals surface area contributed by atoms with E-state index in [1.54, 1.807) is 0 Å². The minimum Gasteiger partial charge on any atom is -0.378 e. The minimum absolute atomic E-state index is 0.00788. The van der Waals surface area contributed by atoms with Gasteiger partial charge in [-0.25, -0.2) is 0 Å². The number of likely N-dealkylation sites (tertiary alicyclic amines) is 1. The van der Waals surface area contributed by atoms with Crippen LogP contribution in [0.5, 0.6) is 0 Å². The van der Waals surface area contributed by atoms with Crippen molar-refractivity contribution in [3.63, 3.8) is 0 Å². The largest absolute Gasteiger partial charge is 0.378 e. The number of amides is 1. The molecule has 0 bridgehead atoms. The van der Waals surface area contributed by atoms with Crippen molar-refractivity contribution in [1.82, 2.24) is 4.90 Å². The van der Waals surface area contributed by atoms with Crippen LogP contribution in [0.1, 0.15) is 68.6 Å². The van der Waals surface area contributed by atoms with Crippen molar-refractivity contribution in [3.05, 3.63) is 64.2 Å². The van der Waals surface area contributed by atoms with Gasteiger partial charge in [-0.2, -0.15) is 0 Å². The molecule has 4 nitrogen and oxygen atoms in total. The monoisotopic (exact) mass is 440 g/mol. The van der Waals surface area contributed by atoms with Crippen LogP contribution in [-0.2, 0) is 16.6 Å². The number of fused-ring (bicyclic) bond motifs is 1. The molecule has 31 heavy (non-hydrogen) atoms. The second-order valence-corrected chi connectivity index (χ2v) is 10.1. The highest BCUT2D eigenvalue weighted by Gasteiger charge is 2.34. The zero-order valence-corrected chi connectivity index (χ0v) is 19.3. The molecule has 2 heterocycles. The zero-order valence-electron chi connectivity index (χ0n) is 18.5. The summed E-state index contributed by atoms with van der Waals surface area (Å²) in [6.45, 7) is 6.12. The van der Waals surface area contributed by atoms with Gasteiger partial charge in [0.25, 0.3) is 0 Å². The standard InChI is InChI=1S/C26H33ClN2O2/c1-26(2)17-23(30)28-25-21(26)14-20(15-22(25)27)19(13-18-9-5-3-6-10-18)16-24(31)29-11-7-4-8-12-29/h3,5-6,9-10,14-15,19,24,31H,4,7-8,11-13,16-17H2,1-2H3,(H,28,30)/t19-,24?/m0/s1. The van der Waals surface area contributed by atoms with Gasteiger partial charge in [-0.3, -0.25) is 9.69 Å². The third kappa shape index (κ3) is 5.14. The second-order valence-electron chi connectivity index (χ2n) is 9.73. The van der Waals surface area contributed by atoms with Crippen molar-refractivity contribution in [2.24, 2.45) is 0 Å². The Morgan fingerprint density at radius 1 is 1.13 bits per heavy atom. The molecule has 0 radical (unpaired) electrons. The number of anilines is 1. The van der Waals surface area contributed by atoms with E-state index in [0.717, 1.165) is 49.2 Å². The molecule has 1 unspecified atom stereocenters. The SMILES string of the molecule is CC1(C)CC(=O)Nc2c(Cl)cc([C@@H](Cc3ccccc3)CC(O)N3CCCCC3)cc21. The lowest BCUT2D eigenvalue weighted by molar-refractivity contribution is -0.117. The van der Waals surface area contributed by atoms with Crippen LogP contribution in [0.4, 0.5) is 5.69 Å². The summed E-state index contributed by atoms with van der Waals surface area (Å²) in [6, 6.07) is 14.6. The number of piperidine rings is 1. The fourth-order valence-electron chi connectivity index (χ4n) is 5.06.